The van der Waals surface area contributed by atoms with Gasteiger partial charge in [-0.1, -0.05) is 24.0 Å². The van der Waals surface area contributed by atoms with Crippen LogP contribution in [0.1, 0.15) is 59.5 Å². The van der Waals surface area contributed by atoms with Crippen molar-refractivity contribution < 1.29 is 28.9 Å². The second kappa shape index (κ2) is 10.5. The quantitative estimate of drug-likeness (QED) is 0.526. The second-order valence-corrected chi connectivity index (χ2v) is 7.43. The summed E-state index contributed by atoms with van der Waals surface area (Å²) >= 11 is 0. The summed E-state index contributed by atoms with van der Waals surface area (Å²) in [6, 6.07) is 12.2. The van der Waals surface area contributed by atoms with E-state index < -0.39 is 17.9 Å². The molecule has 6 nitrogen and oxygen atoms in total. The Bertz CT molecular complexity index is 995. The smallest absolute Gasteiger partial charge is 0.337 e. The maximum Gasteiger partial charge on any atom is 0.337 e. The number of ether oxygens (including phenoxy) is 3. The minimum Gasteiger partial charge on any atom is -0.493 e. The van der Waals surface area contributed by atoms with Gasteiger partial charge in [-0.2, -0.15) is 0 Å². The van der Waals surface area contributed by atoms with Gasteiger partial charge in [0, 0.05) is 5.56 Å². The lowest BCUT2D eigenvalue weighted by molar-refractivity contribution is -0.137. The monoisotopic (exact) mass is 422 g/mol. The molecular weight excluding hydrogens is 396 g/mol. The summed E-state index contributed by atoms with van der Waals surface area (Å²) in [5.74, 6) is 5.32. The summed E-state index contributed by atoms with van der Waals surface area (Å²) < 4.78 is 16.3. The van der Waals surface area contributed by atoms with Crippen LogP contribution in [0.5, 0.6) is 11.5 Å². The number of carboxylic acid groups (broad SMARTS) is 1. The van der Waals surface area contributed by atoms with Crippen LogP contribution in [0.4, 0.5) is 0 Å². The first-order valence-corrected chi connectivity index (χ1v) is 10.3. The maximum absolute atomic E-state index is 11.7. The van der Waals surface area contributed by atoms with E-state index in [1.807, 2.05) is 12.1 Å². The fraction of sp³-hybridized carbons (Fsp3) is 0.360. The van der Waals surface area contributed by atoms with Crippen molar-refractivity contribution in [3.05, 3.63) is 59.2 Å². The molecule has 0 heterocycles. The average Bonchev–Trinajstić information content (AvgIpc) is 3.29. The van der Waals surface area contributed by atoms with E-state index in [-0.39, 0.29) is 12.5 Å². The summed E-state index contributed by atoms with van der Waals surface area (Å²) in [5.41, 5.74) is 1.74. The van der Waals surface area contributed by atoms with Gasteiger partial charge in [0.15, 0.2) is 11.5 Å². The number of aliphatic carboxylic acids is 1. The molecule has 0 aromatic heterocycles. The SMILES string of the molecule is COC(=O)c1cccc(C#CC(CC(=O)O)c2ccc(OC)c(OC3CCCC3)c2)c1. The highest BCUT2D eigenvalue weighted by Crippen LogP contribution is 2.35. The average molecular weight is 422 g/mol. The molecule has 162 valence electrons. The molecule has 1 N–H and O–H groups in total. The van der Waals surface area contributed by atoms with E-state index in [2.05, 4.69) is 11.8 Å². The van der Waals surface area contributed by atoms with E-state index in [1.54, 1.807) is 37.4 Å². The molecule has 1 fully saturated rings. The number of carbonyl (C=O) groups excluding carboxylic acids is 1. The maximum atomic E-state index is 11.7. The molecule has 1 aliphatic carbocycles. The van der Waals surface area contributed by atoms with Gasteiger partial charge in [-0.15, -0.1) is 0 Å². The van der Waals surface area contributed by atoms with Gasteiger partial charge in [-0.05, 0) is 61.6 Å². The number of hydrogen-bond donors (Lipinski definition) is 1. The molecule has 0 aliphatic heterocycles. The fourth-order valence-corrected chi connectivity index (χ4v) is 3.63. The van der Waals surface area contributed by atoms with Crippen LogP contribution < -0.4 is 9.47 Å². The minimum atomic E-state index is -0.948. The Balaban J connectivity index is 1.90. The van der Waals surface area contributed by atoms with Crippen LogP contribution in [0, 0.1) is 11.8 Å². The van der Waals surface area contributed by atoms with Gasteiger partial charge >= 0.3 is 11.9 Å². The first kappa shape index (κ1) is 22.2. The molecule has 0 bridgehead atoms. The molecule has 0 saturated heterocycles. The van der Waals surface area contributed by atoms with Crippen molar-refractivity contribution in [1.29, 1.82) is 0 Å². The van der Waals surface area contributed by atoms with Crippen LogP contribution in [-0.2, 0) is 9.53 Å². The van der Waals surface area contributed by atoms with Gasteiger partial charge in [-0.3, -0.25) is 4.79 Å². The summed E-state index contributed by atoms with van der Waals surface area (Å²) in [5, 5.41) is 9.41. The third kappa shape index (κ3) is 6.02. The molecule has 2 aromatic carbocycles. The molecule has 6 heteroatoms. The Morgan fingerprint density at radius 1 is 1.10 bits per heavy atom. The molecule has 2 aromatic rings. The minimum absolute atomic E-state index is 0.147. The first-order chi connectivity index (χ1) is 15.0. The lowest BCUT2D eigenvalue weighted by Gasteiger charge is -2.18. The van der Waals surface area contributed by atoms with Crippen molar-refractivity contribution in [1.82, 2.24) is 0 Å². The molecule has 1 atom stereocenters. The Morgan fingerprint density at radius 3 is 2.55 bits per heavy atom. The standard InChI is InChI=1S/C25H26O6/c1-29-22-13-12-18(15-23(22)31-21-8-3-4-9-21)19(16-24(26)27)11-10-17-6-5-7-20(14-17)25(28)30-2/h5-7,12-15,19,21H,3-4,8-9,16H2,1-2H3,(H,26,27). The largest absolute Gasteiger partial charge is 0.493 e. The number of benzene rings is 2. The predicted octanol–water partition coefficient (Wildman–Crippen LogP) is 4.41. The van der Waals surface area contributed by atoms with Gasteiger partial charge in [0.2, 0.25) is 0 Å². The molecule has 0 spiro atoms. The van der Waals surface area contributed by atoms with Crippen molar-refractivity contribution in [2.45, 2.75) is 44.1 Å². The number of methoxy groups -OCH3 is 2. The Hall–Kier alpha value is -3.46. The van der Waals surface area contributed by atoms with Crippen LogP contribution in [0.3, 0.4) is 0 Å². The van der Waals surface area contributed by atoms with Gasteiger partial charge in [0.05, 0.1) is 38.2 Å². The number of hydrogen-bond acceptors (Lipinski definition) is 5. The van der Waals surface area contributed by atoms with E-state index in [0.717, 1.165) is 31.2 Å². The van der Waals surface area contributed by atoms with Gasteiger partial charge in [0.25, 0.3) is 0 Å². The summed E-state index contributed by atoms with van der Waals surface area (Å²) in [6.45, 7) is 0. The molecule has 3 rings (SSSR count). The van der Waals surface area contributed by atoms with Crippen molar-refractivity contribution in [2.75, 3.05) is 14.2 Å². The molecule has 1 aliphatic rings. The molecular formula is C25H26O6. The second-order valence-electron chi connectivity index (χ2n) is 7.43. The van der Waals surface area contributed by atoms with E-state index in [1.165, 1.54) is 7.11 Å². The lowest BCUT2D eigenvalue weighted by atomic mass is 9.95. The summed E-state index contributed by atoms with van der Waals surface area (Å²) in [6.07, 6.45) is 4.28. The molecule has 0 amide bonds. The topological polar surface area (TPSA) is 82.1 Å². The number of carbonyl (C=O) groups is 2. The first-order valence-electron chi connectivity index (χ1n) is 10.3. The Morgan fingerprint density at radius 2 is 1.87 bits per heavy atom. The molecule has 1 unspecified atom stereocenters. The van der Waals surface area contributed by atoms with Crippen LogP contribution in [0.25, 0.3) is 0 Å². The van der Waals surface area contributed by atoms with Gasteiger partial charge in [0.1, 0.15) is 0 Å². The van der Waals surface area contributed by atoms with Crippen molar-refractivity contribution >= 4 is 11.9 Å². The number of esters is 1. The lowest BCUT2D eigenvalue weighted by Crippen LogP contribution is -2.12. The highest BCUT2D eigenvalue weighted by Gasteiger charge is 2.21. The van der Waals surface area contributed by atoms with Crippen molar-refractivity contribution in [3.63, 3.8) is 0 Å². The van der Waals surface area contributed by atoms with E-state index in [9.17, 15) is 14.7 Å². The van der Waals surface area contributed by atoms with Crippen LogP contribution in [-0.4, -0.2) is 37.4 Å². The molecule has 0 radical (unpaired) electrons. The normalized spacial score (nSPS) is 14.3. The van der Waals surface area contributed by atoms with Gasteiger partial charge in [-0.25, -0.2) is 4.79 Å². The van der Waals surface area contributed by atoms with Crippen LogP contribution in [0.2, 0.25) is 0 Å². The number of rotatable bonds is 7. The summed E-state index contributed by atoms with van der Waals surface area (Å²) in [7, 11) is 2.90. The molecule has 1 saturated carbocycles. The van der Waals surface area contributed by atoms with Crippen LogP contribution in [0.15, 0.2) is 42.5 Å². The fourth-order valence-electron chi connectivity index (χ4n) is 3.63. The zero-order valence-electron chi connectivity index (χ0n) is 17.7. The zero-order chi connectivity index (χ0) is 22.2. The van der Waals surface area contributed by atoms with E-state index in [4.69, 9.17) is 14.2 Å². The Labute approximate surface area is 182 Å². The van der Waals surface area contributed by atoms with E-state index in [0.29, 0.717) is 22.6 Å². The predicted molar refractivity (Wildman–Crippen MR) is 116 cm³/mol. The molecule has 31 heavy (non-hydrogen) atoms. The highest BCUT2D eigenvalue weighted by molar-refractivity contribution is 5.89. The highest BCUT2D eigenvalue weighted by atomic mass is 16.5. The van der Waals surface area contributed by atoms with E-state index >= 15 is 0 Å². The van der Waals surface area contributed by atoms with Crippen LogP contribution >= 0.6 is 0 Å². The summed E-state index contributed by atoms with van der Waals surface area (Å²) in [4.78, 5) is 23.2. The third-order valence-electron chi connectivity index (χ3n) is 5.24. The third-order valence-corrected chi connectivity index (χ3v) is 5.24. The van der Waals surface area contributed by atoms with Crippen molar-refractivity contribution in [3.8, 4) is 23.3 Å². The zero-order valence-corrected chi connectivity index (χ0v) is 17.7. The Kier molecular flexibility index (Phi) is 7.55. The number of carboxylic acids is 1. The van der Waals surface area contributed by atoms with Gasteiger partial charge < -0.3 is 19.3 Å². The van der Waals surface area contributed by atoms with Crippen molar-refractivity contribution in [2.24, 2.45) is 0 Å².